The number of methoxy groups -OCH3 is 1. The maximum Gasteiger partial charge on any atom is 0.309 e. The number of thioether (sulfide) groups is 1. The summed E-state index contributed by atoms with van der Waals surface area (Å²) in [5.41, 5.74) is 0. The SMILES string of the molecule is CCSC(=O)[C@@H]1CCCC[C@@H]1C(=O)OC. The van der Waals surface area contributed by atoms with Crippen LogP contribution in [0.3, 0.4) is 0 Å². The monoisotopic (exact) mass is 230 g/mol. The molecule has 0 aliphatic heterocycles. The van der Waals surface area contributed by atoms with Gasteiger partial charge in [-0.1, -0.05) is 31.5 Å². The van der Waals surface area contributed by atoms with E-state index in [1.807, 2.05) is 6.92 Å². The second-order valence-corrected chi connectivity index (χ2v) is 5.04. The number of hydrogen-bond donors (Lipinski definition) is 0. The first-order valence-electron chi connectivity index (χ1n) is 5.45. The van der Waals surface area contributed by atoms with Crippen LogP contribution in [0, 0.1) is 11.8 Å². The molecule has 86 valence electrons. The first-order chi connectivity index (χ1) is 7.20. The van der Waals surface area contributed by atoms with Crippen LogP contribution in [0.25, 0.3) is 0 Å². The van der Waals surface area contributed by atoms with E-state index in [0.717, 1.165) is 31.4 Å². The molecular weight excluding hydrogens is 212 g/mol. The number of esters is 1. The highest BCUT2D eigenvalue weighted by Gasteiger charge is 2.36. The van der Waals surface area contributed by atoms with Crippen LogP contribution in [0.15, 0.2) is 0 Å². The van der Waals surface area contributed by atoms with E-state index in [4.69, 9.17) is 4.74 Å². The Balaban J connectivity index is 2.65. The van der Waals surface area contributed by atoms with Gasteiger partial charge in [0.25, 0.3) is 0 Å². The van der Waals surface area contributed by atoms with Crippen LogP contribution in [0.5, 0.6) is 0 Å². The summed E-state index contributed by atoms with van der Waals surface area (Å²) >= 11 is 1.32. The number of carbonyl (C=O) groups excluding carboxylic acids is 2. The molecule has 0 aromatic rings. The van der Waals surface area contributed by atoms with E-state index in [9.17, 15) is 9.59 Å². The molecular formula is C11H18O3S. The Morgan fingerprint density at radius 1 is 1.27 bits per heavy atom. The fourth-order valence-corrected chi connectivity index (χ4v) is 2.88. The van der Waals surface area contributed by atoms with Gasteiger partial charge in [-0.25, -0.2) is 0 Å². The molecule has 0 radical (unpaired) electrons. The highest BCUT2D eigenvalue weighted by Crippen LogP contribution is 2.34. The molecule has 4 heteroatoms. The predicted octanol–water partition coefficient (Wildman–Crippen LogP) is 2.25. The van der Waals surface area contributed by atoms with Crippen molar-refractivity contribution >= 4 is 22.8 Å². The maximum absolute atomic E-state index is 11.8. The highest BCUT2D eigenvalue weighted by molar-refractivity contribution is 8.13. The van der Waals surface area contributed by atoms with Gasteiger partial charge in [-0.2, -0.15) is 0 Å². The molecule has 0 N–H and O–H groups in total. The van der Waals surface area contributed by atoms with Gasteiger partial charge in [-0.3, -0.25) is 9.59 Å². The predicted molar refractivity (Wildman–Crippen MR) is 60.6 cm³/mol. The number of ether oxygens (including phenoxy) is 1. The standard InChI is InChI=1S/C11H18O3S/c1-3-15-11(13)9-7-5-4-6-8(9)10(12)14-2/h8-9H,3-7H2,1-2H3/t8-,9+/m0/s1. The van der Waals surface area contributed by atoms with Gasteiger partial charge in [-0.15, -0.1) is 0 Å². The molecule has 1 rings (SSSR count). The van der Waals surface area contributed by atoms with Gasteiger partial charge in [0.1, 0.15) is 0 Å². The van der Waals surface area contributed by atoms with Crippen LogP contribution < -0.4 is 0 Å². The Hall–Kier alpha value is -0.510. The Labute approximate surface area is 94.9 Å². The van der Waals surface area contributed by atoms with E-state index in [1.54, 1.807) is 0 Å². The van der Waals surface area contributed by atoms with Crippen molar-refractivity contribution in [3.05, 3.63) is 0 Å². The molecule has 0 saturated heterocycles. The molecule has 1 fully saturated rings. The second-order valence-electron chi connectivity index (χ2n) is 3.77. The van der Waals surface area contributed by atoms with E-state index in [-0.39, 0.29) is 22.9 Å². The molecule has 3 nitrogen and oxygen atoms in total. The second kappa shape index (κ2) is 6.16. The van der Waals surface area contributed by atoms with Crippen LogP contribution in [0.2, 0.25) is 0 Å². The lowest BCUT2D eigenvalue weighted by molar-refractivity contribution is -0.150. The normalized spacial score (nSPS) is 26.0. The average Bonchev–Trinajstić information content (AvgIpc) is 2.28. The van der Waals surface area contributed by atoms with Gasteiger partial charge in [0.2, 0.25) is 0 Å². The third kappa shape index (κ3) is 3.23. The molecule has 0 unspecified atom stereocenters. The molecule has 2 atom stereocenters. The minimum Gasteiger partial charge on any atom is -0.469 e. The quantitative estimate of drug-likeness (QED) is 0.697. The minimum atomic E-state index is -0.218. The molecule has 1 saturated carbocycles. The Morgan fingerprint density at radius 3 is 2.40 bits per heavy atom. The smallest absolute Gasteiger partial charge is 0.309 e. The van der Waals surface area contributed by atoms with E-state index >= 15 is 0 Å². The fraction of sp³-hybridized carbons (Fsp3) is 0.818. The molecule has 1 aliphatic carbocycles. The molecule has 15 heavy (non-hydrogen) atoms. The van der Waals surface area contributed by atoms with Crippen molar-refractivity contribution in [3.8, 4) is 0 Å². The molecule has 0 heterocycles. The number of rotatable bonds is 3. The number of hydrogen-bond acceptors (Lipinski definition) is 4. The van der Waals surface area contributed by atoms with E-state index in [1.165, 1.54) is 18.9 Å². The lowest BCUT2D eigenvalue weighted by Crippen LogP contribution is -2.32. The van der Waals surface area contributed by atoms with Crippen LogP contribution in [0.4, 0.5) is 0 Å². The summed E-state index contributed by atoms with van der Waals surface area (Å²) in [6.45, 7) is 1.96. The third-order valence-corrected chi connectivity index (χ3v) is 3.74. The van der Waals surface area contributed by atoms with Crippen molar-refractivity contribution in [3.63, 3.8) is 0 Å². The van der Waals surface area contributed by atoms with Crippen molar-refractivity contribution in [2.45, 2.75) is 32.6 Å². The third-order valence-electron chi connectivity index (χ3n) is 2.86. The summed E-state index contributed by atoms with van der Waals surface area (Å²) < 4.78 is 4.75. The zero-order valence-corrected chi connectivity index (χ0v) is 10.1. The topological polar surface area (TPSA) is 43.4 Å². The van der Waals surface area contributed by atoms with Crippen LogP contribution in [-0.4, -0.2) is 23.9 Å². The lowest BCUT2D eigenvalue weighted by Gasteiger charge is -2.27. The molecule has 0 aromatic carbocycles. The molecule has 0 spiro atoms. The van der Waals surface area contributed by atoms with Crippen LogP contribution in [-0.2, 0) is 14.3 Å². The van der Waals surface area contributed by atoms with E-state index in [0.29, 0.717) is 0 Å². The number of carbonyl (C=O) groups is 2. The zero-order valence-electron chi connectivity index (χ0n) is 9.32. The first-order valence-corrected chi connectivity index (χ1v) is 6.43. The summed E-state index contributed by atoms with van der Waals surface area (Å²) in [7, 11) is 1.39. The van der Waals surface area contributed by atoms with Gasteiger partial charge in [0.05, 0.1) is 13.0 Å². The first kappa shape index (κ1) is 12.6. The van der Waals surface area contributed by atoms with Crippen molar-refractivity contribution in [2.24, 2.45) is 11.8 Å². The zero-order chi connectivity index (χ0) is 11.3. The molecule has 0 amide bonds. The fourth-order valence-electron chi connectivity index (χ4n) is 2.10. The minimum absolute atomic E-state index is 0.115. The van der Waals surface area contributed by atoms with E-state index < -0.39 is 0 Å². The van der Waals surface area contributed by atoms with Crippen LogP contribution >= 0.6 is 11.8 Å². The summed E-state index contributed by atoms with van der Waals surface area (Å²) in [5.74, 6) is 0.250. The van der Waals surface area contributed by atoms with Gasteiger partial charge in [0.15, 0.2) is 5.12 Å². The van der Waals surface area contributed by atoms with Gasteiger partial charge in [-0.05, 0) is 18.6 Å². The summed E-state index contributed by atoms with van der Waals surface area (Å²) in [6.07, 6.45) is 3.72. The van der Waals surface area contributed by atoms with Gasteiger partial charge in [0, 0.05) is 5.92 Å². The highest BCUT2D eigenvalue weighted by atomic mass is 32.2. The Morgan fingerprint density at radius 2 is 1.87 bits per heavy atom. The lowest BCUT2D eigenvalue weighted by atomic mass is 9.80. The largest absolute Gasteiger partial charge is 0.469 e. The average molecular weight is 230 g/mol. The van der Waals surface area contributed by atoms with Crippen molar-refractivity contribution in [2.75, 3.05) is 12.9 Å². The van der Waals surface area contributed by atoms with E-state index in [2.05, 4.69) is 0 Å². The van der Waals surface area contributed by atoms with Crippen molar-refractivity contribution in [1.82, 2.24) is 0 Å². The van der Waals surface area contributed by atoms with Gasteiger partial charge < -0.3 is 4.74 Å². The molecule has 0 aromatic heterocycles. The van der Waals surface area contributed by atoms with Crippen molar-refractivity contribution in [1.29, 1.82) is 0 Å². The Kier molecular flexibility index (Phi) is 5.15. The van der Waals surface area contributed by atoms with Gasteiger partial charge >= 0.3 is 5.97 Å². The molecule has 0 bridgehead atoms. The summed E-state index contributed by atoms with van der Waals surface area (Å²) in [6, 6.07) is 0. The summed E-state index contributed by atoms with van der Waals surface area (Å²) in [5, 5.41) is 0.160. The molecule has 1 aliphatic rings. The summed E-state index contributed by atoms with van der Waals surface area (Å²) in [4.78, 5) is 23.3. The Bertz CT molecular complexity index is 240. The van der Waals surface area contributed by atoms with Crippen LogP contribution in [0.1, 0.15) is 32.6 Å². The van der Waals surface area contributed by atoms with Crippen molar-refractivity contribution < 1.29 is 14.3 Å². The maximum atomic E-state index is 11.8.